The molecule has 1 heterocycles. The van der Waals surface area contributed by atoms with E-state index in [9.17, 15) is 14.0 Å². The van der Waals surface area contributed by atoms with Crippen molar-refractivity contribution in [2.45, 2.75) is 51.3 Å². The van der Waals surface area contributed by atoms with Gasteiger partial charge >= 0.3 is 6.09 Å². The molecule has 1 saturated heterocycles. The summed E-state index contributed by atoms with van der Waals surface area (Å²) in [5.41, 5.74) is -0.622. The van der Waals surface area contributed by atoms with E-state index in [-0.39, 0.29) is 11.7 Å². The van der Waals surface area contributed by atoms with Gasteiger partial charge in [0, 0.05) is 6.42 Å². The van der Waals surface area contributed by atoms with Crippen LogP contribution in [0, 0.1) is 5.92 Å². The quantitative estimate of drug-likeness (QED) is 0.707. The fourth-order valence-electron chi connectivity index (χ4n) is 2.69. The second-order valence-corrected chi connectivity index (χ2v) is 5.79. The molecule has 0 aromatic rings. The molecule has 3 atom stereocenters. The first-order valence-corrected chi connectivity index (χ1v) is 5.93. The molecular formula is C12H18FNO3. The number of halogens is 1. The summed E-state index contributed by atoms with van der Waals surface area (Å²) in [6, 6.07) is -0.942. The van der Waals surface area contributed by atoms with Crippen molar-refractivity contribution in [1.29, 1.82) is 0 Å². The Kier molecular flexibility index (Phi) is 2.87. The van der Waals surface area contributed by atoms with Crippen LogP contribution in [-0.2, 0) is 9.53 Å². The third kappa shape index (κ3) is 2.15. The highest BCUT2D eigenvalue weighted by Crippen LogP contribution is 2.41. The molecule has 1 amide bonds. The van der Waals surface area contributed by atoms with Crippen LogP contribution in [0.15, 0.2) is 0 Å². The number of likely N-dealkylation sites (tertiary alicyclic amines) is 1. The highest BCUT2D eigenvalue weighted by atomic mass is 19.1. The molecular weight excluding hydrogens is 225 g/mol. The van der Waals surface area contributed by atoms with Gasteiger partial charge in [0.2, 0.25) is 0 Å². The van der Waals surface area contributed by atoms with Gasteiger partial charge < -0.3 is 4.74 Å². The van der Waals surface area contributed by atoms with Gasteiger partial charge in [-0.25, -0.2) is 9.18 Å². The molecule has 17 heavy (non-hydrogen) atoms. The number of carbonyl (C=O) groups excluding carboxylic acids is 2. The summed E-state index contributed by atoms with van der Waals surface area (Å²) >= 11 is 0. The molecule has 2 aliphatic rings. The molecule has 0 spiro atoms. The number of piperidine rings is 1. The summed E-state index contributed by atoms with van der Waals surface area (Å²) < 4.78 is 18.2. The first kappa shape index (κ1) is 12.3. The molecule has 96 valence electrons. The van der Waals surface area contributed by atoms with Gasteiger partial charge in [-0.1, -0.05) is 0 Å². The summed E-state index contributed by atoms with van der Waals surface area (Å²) in [6.45, 7) is 4.66. The summed E-state index contributed by atoms with van der Waals surface area (Å²) in [4.78, 5) is 24.9. The number of carbonyl (C=O) groups is 2. The Labute approximate surface area is 100 Å². The Balaban J connectivity index is 2.14. The van der Waals surface area contributed by atoms with Crippen molar-refractivity contribution in [3.8, 4) is 0 Å². The number of ketones is 1. The Morgan fingerprint density at radius 3 is 2.71 bits per heavy atom. The zero-order chi connectivity index (χ0) is 12.8. The lowest BCUT2D eigenvalue weighted by Gasteiger charge is -2.34. The zero-order valence-electron chi connectivity index (χ0n) is 10.4. The lowest BCUT2D eigenvalue weighted by molar-refractivity contribution is -0.124. The van der Waals surface area contributed by atoms with Crippen LogP contribution in [-0.4, -0.2) is 41.1 Å². The first-order valence-electron chi connectivity index (χ1n) is 5.93. The molecule has 3 unspecified atom stereocenters. The maximum atomic E-state index is 13.0. The van der Waals surface area contributed by atoms with Crippen LogP contribution in [0.5, 0.6) is 0 Å². The van der Waals surface area contributed by atoms with E-state index in [0.29, 0.717) is 12.8 Å². The standard InChI is InChI=1S/C12H18FNO3/c1-12(2,3)17-11(16)14-8-4-7(5-10(8)15)9(14)6-13/h7-9H,4-6H2,1-3H3. The maximum absolute atomic E-state index is 13.0. The van der Waals surface area contributed by atoms with Crippen molar-refractivity contribution in [3.63, 3.8) is 0 Å². The fourth-order valence-corrected chi connectivity index (χ4v) is 2.69. The van der Waals surface area contributed by atoms with E-state index < -0.39 is 30.5 Å². The van der Waals surface area contributed by atoms with E-state index in [4.69, 9.17) is 4.74 Å². The highest BCUT2D eigenvalue weighted by Gasteiger charge is 2.53. The minimum atomic E-state index is -0.622. The van der Waals surface area contributed by atoms with E-state index in [2.05, 4.69) is 0 Å². The topological polar surface area (TPSA) is 46.6 Å². The molecule has 0 aromatic heterocycles. The number of nitrogens with zero attached hydrogens (tertiary/aromatic N) is 1. The SMILES string of the molecule is CC(C)(C)OC(=O)N1C2CC(CC2=O)C1CF. The molecule has 0 aromatic carbocycles. The van der Waals surface area contributed by atoms with Crippen LogP contribution < -0.4 is 0 Å². The van der Waals surface area contributed by atoms with Crippen LogP contribution in [0.3, 0.4) is 0 Å². The van der Waals surface area contributed by atoms with Gasteiger partial charge in [-0.15, -0.1) is 0 Å². The van der Waals surface area contributed by atoms with Crippen LogP contribution >= 0.6 is 0 Å². The number of alkyl halides is 1. The minimum absolute atomic E-state index is 0.0231. The molecule has 2 fully saturated rings. The van der Waals surface area contributed by atoms with Crippen molar-refractivity contribution in [3.05, 3.63) is 0 Å². The highest BCUT2D eigenvalue weighted by molar-refractivity contribution is 5.91. The molecule has 0 N–H and O–H groups in total. The molecule has 0 radical (unpaired) electrons. The molecule has 1 aliphatic carbocycles. The average molecular weight is 243 g/mol. The maximum Gasteiger partial charge on any atom is 0.411 e. The van der Waals surface area contributed by atoms with E-state index in [1.54, 1.807) is 20.8 Å². The number of fused-ring (bicyclic) bond motifs is 2. The molecule has 2 rings (SSSR count). The van der Waals surface area contributed by atoms with Gasteiger partial charge in [-0.2, -0.15) is 0 Å². The third-order valence-electron chi connectivity index (χ3n) is 3.36. The minimum Gasteiger partial charge on any atom is -0.444 e. The third-order valence-corrected chi connectivity index (χ3v) is 3.36. The average Bonchev–Trinajstić information content (AvgIpc) is 2.69. The Hall–Kier alpha value is -1.13. The lowest BCUT2D eigenvalue weighted by Crippen LogP contribution is -2.51. The number of hydrogen-bond acceptors (Lipinski definition) is 3. The molecule has 2 bridgehead atoms. The monoisotopic (exact) mass is 243 g/mol. The van der Waals surface area contributed by atoms with Crippen molar-refractivity contribution in [2.24, 2.45) is 5.92 Å². The molecule has 5 heteroatoms. The number of hydrogen-bond donors (Lipinski definition) is 0. The normalized spacial score (nSPS) is 32.1. The number of Topliss-reactive ketones (excluding diaryl/α,β-unsaturated/α-hetero) is 1. The van der Waals surface area contributed by atoms with Gasteiger partial charge in [-0.3, -0.25) is 9.69 Å². The van der Waals surface area contributed by atoms with E-state index >= 15 is 0 Å². The van der Waals surface area contributed by atoms with Crippen LogP contribution in [0.2, 0.25) is 0 Å². The molecule has 1 aliphatic heterocycles. The Bertz CT molecular complexity index is 350. The predicted octanol–water partition coefficient (Wildman–Crippen LogP) is 1.92. The summed E-state index contributed by atoms with van der Waals surface area (Å²) in [5, 5.41) is 0. The number of rotatable bonds is 1. The van der Waals surface area contributed by atoms with Gasteiger partial charge in [0.25, 0.3) is 0 Å². The van der Waals surface area contributed by atoms with Gasteiger partial charge in [0.15, 0.2) is 5.78 Å². The van der Waals surface area contributed by atoms with E-state index in [1.807, 2.05) is 0 Å². The first-order chi connectivity index (χ1) is 7.83. The van der Waals surface area contributed by atoms with Gasteiger partial charge in [-0.05, 0) is 33.1 Å². The molecule has 1 saturated carbocycles. The molecule has 4 nitrogen and oxygen atoms in total. The number of amides is 1. The second kappa shape index (κ2) is 3.96. The van der Waals surface area contributed by atoms with Crippen LogP contribution in [0.25, 0.3) is 0 Å². The van der Waals surface area contributed by atoms with Crippen molar-refractivity contribution < 1.29 is 18.7 Å². The summed E-state index contributed by atoms with van der Waals surface area (Å²) in [6.07, 6.45) is 0.422. The van der Waals surface area contributed by atoms with Gasteiger partial charge in [0.05, 0.1) is 12.1 Å². The fraction of sp³-hybridized carbons (Fsp3) is 0.833. The Morgan fingerprint density at radius 2 is 2.18 bits per heavy atom. The Morgan fingerprint density at radius 1 is 1.53 bits per heavy atom. The second-order valence-electron chi connectivity index (χ2n) is 5.79. The van der Waals surface area contributed by atoms with Gasteiger partial charge in [0.1, 0.15) is 12.3 Å². The summed E-state index contributed by atoms with van der Waals surface area (Å²) in [5.74, 6) is 0.00979. The van der Waals surface area contributed by atoms with Crippen molar-refractivity contribution in [1.82, 2.24) is 4.90 Å². The van der Waals surface area contributed by atoms with Crippen LogP contribution in [0.1, 0.15) is 33.6 Å². The van der Waals surface area contributed by atoms with Crippen LogP contribution in [0.4, 0.5) is 9.18 Å². The lowest BCUT2D eigenvalue weighted by atomic mass is 10.00. The smallest absolute Gasteiger partial charge is 0.411 e. The largest absolute Gasteiger partial charge is 0.444 e. The van der Waals surface area contributed by atoms with Crippen molar-refractivity contribution in [2.75, 3.05) is 6.67 Å². The van der Waals surface area contributed by atoms with Crippen molar-refractivity contribution >= 4 is 11.9 Å². The summed E-state index contributed by atoms with van der Waals surface area (Å²) in [7, 11) is 0. The number of ether oxygens (including phenoxy) is 1. The zero-order valence-corrected chi connectivity index (χ0v) is 10.4. The predicted molar refractivity (Wildman–Crippen MR) is 59.4 cm³/mol. The van der Waals surface area contributed by atoms with E-state index in [0.717, 1.165) is 0 Å². The van der Waals surface area contributed by atoms with E-state index in [1.165, 1.54) is 4.90 Å².